The van der Waals surface area contributed by atoms with E-state index < -0.39 is 6.04 Å². The van der Waals surface area contributed by atoms with Gasteiger partial charge in [-0.3, -0.25) is 14.4 Å². The zero-order valence-corrected chi connectivity index (χ0v) is 31.8. The number of amides is 2. The molecule has 0 aliphatic carbocycles. The Hall–Kier alpha value is -1.59. The molecule has 0 saturated heterocycles. The first-order valence-corrected chi connectivity index (χ1v) is 20.8. The van der Waals surface area contributed by atoms with Gasteiger partial charge < -0.3 is 15.4 Å². The van der Waals surface area contributed by atoms with Crippen molar-refractivity contribution in [2.24, 2.45) is 0 Å². The van der Waals surface area contributed by atoms with E-state index in [9.17, 15) is 14.4 Å². The Kier molecular flexibility index (Phi) is 36.0. The van der Waals surface area contributed by atoms with Gasteiger partial charge in [0.25, 0.3) is 0 Å². The van der Waals surface area contributed by atoms with Gasteiger partial charge in [0.05, 0.1) is 0 Å². The van der Waals surface area contributed by atoms with Gasteiger partial charge in [-0.05, 0) is 19.8 Å². The lowest BCUT2D eigenvalue weighted by atomic mass is 10.0. The molecule has 0 radical (unpaired) electrons. The Morgan fingerprint density at radius 1 is 0.447 bits per heavy atom. The summed E-state index contributed by atoms with van der Waals surface area (Å²) in [6.07, 6.45) is 39.3. The van der Waals surface area contributed by atoms with Gasteiger partial charge in [0.1, 0.15) is 12.6 Å². The van der Waals surface area contributed by atoms with Crippen LogP contribution in [0.2, 0.25) is 0 Å². The fourth-order valence-electron chi connectivity index (χ4n) is 6.29. The van der Waals surface area contributed by atoms with Crippen LogP contribution in [0.4, 0.5) is 0 Å². The largest absolute Gasteiger partial charge is 0.463 e. The van der Waals surface area contributed by atoms with E-state index in [1.807, 2.05) is 6.92 Å². The minimum absolute atomic E-state index is 0.103. The van der Waals surface area contributed by atoms with Crippen molar-refractivity contribution >= 4 is 17.8 Å². The number of carbonyl (C=O) groups is 3. The van der Waals surface area contributed by atoms with Crippen LogP contribution < -0.4 is 10.6 Å². The highest BCUT2D eigenvalue weighted by atomic mass is 16.5. The zero-order valence-electron chi connectivity index (χ0n) is 31.8. The minimum atomic E-state index is -0.830. The van der Waals surface area contributed by atoms with E-state index in [0.29, 0.717) is 19.4 Å². The van der Waals surface area contributed by atoms with Gasteiger partial charge in [-0.25, -0.2) is 0 Å². The number of carbonyl (C=O) groups excluding carboxylic acids is 3. The first-order valence-electron chi connectivity index (χ1n) is 20.8. The normalized spacial score (nSPS) is 11.8. The number of rotatable bonds is 37. The van der Waals surface area contributed by atoms with E-state index >= 15 is 0 Å². The molecule has 6 nitrogen and oxygen atoms in total. The summed E-state index contributed by atoms with van der Waals surface area (Å²) in [5.41, 5.74) is 0. The third-order valence-corrected chi connectivity index (χ3v) is 9.41. The molecule has 6 heteroatoms. The number of hydrogen-bond acceptors (Lipinski definition) is 4. The number of unbranched alkanes of at least 4 members (excludes halogenated alkanes) is 28. The molecule has 1 atom stereocenters. The van der Waals surface area contributed by atoms with Gasteiger partial charge in [-0.1, -0.05) is 194 Å². The van der Waals surface area contributed by atoms with Crippen LogP contribution in [0.1, 0.15) is 226 Å². The maximum absolute atomic E-state index is 12.5. The Morgan fingerprint density at radius 2 is 0.766 bits per heavy atom. The maximum atomic E-state index is 12.5. The average Bonchev–Trinajstić information content (AvgIpc) is 3.06. The molecule has 278 valence electrons. The number of esters is 1. The van der Waals surface area contributed by atoms with Crippen LogP contribution >= 0.6 is 0 Å². The van der Waals surface area contributed by atoms with E-state index in [-0.39, 0.29) is 24.4 Å². The van der Waals surface area contributed by atoms with Crippen LogP contribution in [-0.2, 0) is 19.1 Å². The predicted octanol–water partition coefficient (Wildman–Crippen LogP) is 11.7. The van der Waals surface area contributed by atoms with Gasteiger partial charge in [0, 0.05) is 19.4 Å². The van der Waals surface area contributed by atoms with Crippen LogP contribution in [-0.4, -0.2) is 37.0 Å². The van der Waals surface area contributed by atoms with Crippen LogP contribution in [0, 0.1) is 0 Å². The lowest BCUT2D eigenvalue weighted by molar-refractivity contribution is -0.146. The SMILES string of the molecule is CCCCCCCCCCCCCCCCCC(=O)NC(COC(=O)CCCCCCCCCCCCCCCCC)C(=O)NCC. The van der Waals surface area contributed by atoms with Crippen molar-refractivity contribution in [1.29, 1.82) is 0 Å². The molecule has 47 heavy (non-hydrogen) atoms. The molecule has 0 fully saturated rings. The summed E-state index contributed by atoms with van der Waals surface area (Å²) < 4.78 is 5.41. The highest BCUT2D eigenvalue weighted by molar-refractivity contribution is 5.88. The molecule has 0 aliphatic rings. The van der Waals surface area contributed by atoms with Crippen molar-refractivity contribution in [3.8, 4) is 0 Å². The molecule has 2 amide bonds. The zero-order chi connectivity index (χ0) is 34.5. The molecule has 0 spiro atoms. The molecule has 0 heterocycles. The van der Waals surface area contributed by atoms with Crippen LogP contribution in [0.5, 0.6) is 0 Å². The van der Waals surface area contributed by atoms with Crippen molar-refractivity contribution < 1.29 is 19.1 Å². The standard InChI is InChI=1S/C41H80N2O4/c1-4-7-9-11-13-15-17-19-21-23-25-27-29-31-33-35-39(44)43-38(41(46)42-6-3)37-47-40(45)36-34-32-30-28-26-24-22-20-18-16-14-12-10-8-5-2/h38H,4-37H2,1-3H3,(H,42,46)(H,43,44). The summed E-state index contributed by atoms with van der Waals surface area (Å²) in [5.74, 6) is -0.725. The van der Waals surface area contributed by atoms with E-state index in [0.717, 1.165) is 38.5 Å². The van der Waals surface area contributed by atoms with Crippen molar-refractivity contribution in [2.45, 2.75) is 232 Å². The third-order valence-electron chi connectivity index (χ3n) is 9.41. The Balaban J connectivity index is 3.81. The topological polar surface area (TPSA) is 84.5 Å². The molecule has 0 aromatic carbocycles. The number of ether oxygens (including phenoxy) is 1. The molecular formula is C41H80N2O4. The Labute approximate surface area is 292 Å². The van der Waals surface area contributed by atoms with E-state index in [1.165, 1.54) is 154 Å². The maximum Gasteiger partial charge on any atom is 0.305 e. The highest BCUT2D eigenvalue weighted by Gasteiger charge is 2.22. The summed E-state index contributed by atoms with van der Waals surface area (Å²) in [7, 11) is 0. The first-order chi connectivity index (χ1) is 23.0. The molecule has 0 rings (SSSR count). The summed E-state index contributed by atoms with van der Waals surface area (Å²) in [6.45, 7) is 6.75. The van der Waals surface area contributed by atoms with E-state index in [1.54, 1.807) is 0 Å². The summed E-state index contributed by atoms with van der Waals surface area (Å²) in [4.78, 5) is 37.3. The molecule has 0 aliphatic heterocycles. The van der Waals surface area contributed by atoms with Gasteiger partial charge >= 0.3 is 5.97 Å². The molecule has 2 N–H and O–H groups in total. The van der Waals surface area contributed by atoms with E-state index in [2.05, 4.69) is 24.5 Å². The molecule has 0 aromatic rings. The Morgan fingerprint density at radius 3 is 1.11 bits per heavy atom. The van der Waals surface area contributed by atoms with Gasteiger partial charge in [0.15, 0.2) is 0 Å². The summed E-state index contributed by atoms with van der Waals surface area (Å²) in [5, 5.41) is 5.55. The highest BCUT2D eigenvalue weighted by Crippen LogP contribution is 2.15. The van der Waals surface area contributed by atoms with Crippen LogP contribution in [0.3, 0.4) is 0 Å². The molecule has 1 unspecified atom stereocenters. The second-order valence-electron chi connectivity index (χ2n) is 14.1. The van der Waals surface area contributed by atoms with Crippen LogP contribution in [0.15, 0.2) is 0 Å². The van der Waals surface area contributed by atoms with Gasteiger partial charge in [-0.15, -0.1) is 0 Å². The lowest BCUT2D eigenvalue weighted by Crippen LogP contribution is -2.49. The monoisotopic (exact) mass is 665 g/mol. The van der Waals surface area contributed by atoms with Crippen molar-refractivity contribution in [3.05, 3.63) is 0 Å². The van der Waals surface area contributed by atoms with Crippen molar-refractivity contribution in [1.82, 2.24) is 10.6 Å². The Bertz CT molecular complexity index is 699. The smallest absolute Gasteiger partial charge is 0.305 e. The summed E-state index contributed by atoms with van der Waals surface area (Å²) >= 11 is 0. The fraction of sp³-hybridized carbons (Fsp3) is 0.927. The van der Waals surface area contributed by atoms with Crippen molar-refractivity contribution in [3.63, 3.8) is 0 Å². The number of nitrogens with one attached hydrogen (secondary N) is 2. The average molecular weight is 665 g/mol. The number of hydrogen-bond donors (Lipinski definition) is 2. The molecule has 0 bridgehead atoms. The fourth-order valence-corrected chi connectivity index (χ4v) is 6.29. The number of likely N-dealkylation sites (N-methyl/N-ethyl adjacent to an activating group) is 1. The third kappa shape index (κ3) is 34.1. The second kappa shape index (κ2) is 37.2. The second-order valence-corrected chi connectivity index (χ2v) is 14.1. The van der Waals surface area contributed by atoms with Crippen molar-refractivity contribution in [2.75, 3.05) is 13.2 Å². The molecule has 0 aromatic heterocycles. The van der Waals surface area contributed by atoms with Crippen LogP contribution in [0.25, 0.3) is 0 Å². The molecular weight excluding hydrogens is 584 g/mol. The first kappa shape index (κ1) is 45.4. The molecule has 0 saturated carbocycles. The van der Waals surface area contributed by atoms with Gasteiger partial charge in [0.2, 0.25) is 11.8 Å². The minimum Gasteiger partial charge on any atom is -0.463 e. The predicted molar refractivity (Wildman–Crippen MR) is 201 cm³/mol. The summed E-state index contributed by atoms with van der Waals surface area (Å²) in [6, 6.07) is -0.830. The van der Waals surface area contributed by atoms with E-state index in [4.69, 9.17) is 4.74 Å². The lowest BCUT2D eigenvalue weighted by Gasteiger charge is -2.18. The quantitative estimate of drug-likeness (QED) is 0.0511. The van der Waals surface area contributed by atoms with Gasteiger partial charge in [-0.2, -0.15) is 0 Å².